The summed E-state index contributed by atoms with van der Waals surface area (Å²) in [5.41, 5.74) is -0.694. The fourth-order valence-electron chi connectivity index (χ4n) is 7.30. The largest absolute Gasteiger partial charge is 0.393 e. The van der Waals surface area contributed by atoms with Crippen LogP contribution in [0.15, 0.2) is 23.8 Å². The third-order valence-electron chi connectivity index (χ3n) is 8.62. The number of aliphatic hydroxyl groups excluding tert-OH is 2. The molecule has 5 nitrogen and oxygen atoms in total. The van der Waals surface area contributed by atoms with Crippen LogP contribution in [0.3, 0.4) is 0 Å². The van der Waals surface area contributed by atoms with E-state index in [2.05, 4.69) is 13.5 Å². The molecule has 3 fully saturated rings. The molecule has 0 aromatic rings. The van der Waals surface area contributed by atoms with E-state index in [0.717, 1.165) is 11.1 Å². The Morgan fingerprint density at radius 1 is 1.33 bits per heavy atom. The van der Waals surface area contributed by atoms with Crippen LogP contribution in [0, 0.1) is 28.6 Å². The molecule has 4 aliphatic carbocycles. The number of hydrogen-bond acceptors (Lipinski definition) is 5. The maximum absolute atomic E-state index is 12.4. The number of rotatable bonds is 2. The Morgan fingerprint density at radius 3 is 2.70 bits per heavy atom. The van der Waals surface area contributed by atoms with Crippen LogP contribution in [0.5, 0.6) is 0 Å². The fraction of sp³-hybridized carbons (Fsp3) is 0.727. The van der Waals surface area contributed by atoms with Gasteiger partial charge in [-0.25, -0.2) is 0 Å². The summed E-state index contributed by atoms with van der Waals surface area (Å²) < 4.78 is 0. The maximum Gasteiger partial charge on any atom is 0.190 e. The first kappa shape index (κ1) is 19.0. The molecule has 4 aliphatic rings. The minimum Gasteiger partial charge on any atom is -0.393 e. The van der Waals surface area contributed by atoms with Crippen molar-refractivity contribution in [1.29, 1.82) is 0 Å². The lowest BCUT2D eigenvalue weighted by Crippen LogP contribution is -2.62. The van der Waals surface area contributed by atoms with Gasteiger partial charge in [-0.05, 0) is 66.9 Å². The second-order valence-electron chi connectivity index (χ2n) is 9.71. The summed E-state index contributed by atoms with van der Waals surface area (Å²) in [5.74, 6) is -0.225. The Morgan fingerprint density at radius 2 is 2.04 bits per heavy atom. The molecule has 0 aromatic heterocycles. The Balaban J connectivity index is 1.78. The van der Waals surface area contributed by atoms with Gasteiger partial charge in [0.1, 0.15) is 12.2 Å². The molecule has 3 saturated carbocycles. The van der Waals surface area contributed by atoms with Crippen LogP contribution in [0.25, 0.3) is 0 Å². The molecule has 0 radical (unpaired) electrons. The molecule has 3 N–H and O–H groups in total. The molecule has 0 aliphatic heterocycles. The van der Waals surface area contributed by atoms with Gasteiger partial charge in [0.25, 0.3) is 0 Å². The van der Waals surface area contributed by atoms with Gasteiger partial charge in [-0.3, -0.25) is 9.59 Å². The second kappa shape index (κ2) is 5.85. The lowest BCUT2D eigenvalue weighted by atomic mass is 9.44. The van der Waals surface area contributed by atoms with Gasteiger partial charge in [0.15, 0.2) is 11.6 Å². The first-order valence-corrected chi connectivity index (χ1v) is 10.1. The van der Waals surface area contributed by atoms with E-state index in [1.807, 2.05) is 6.92 Å². The van der Waals surface area contributed by atoms with E-state index < -0.39 is 29.5 Å². The molecule has 0 unspecified atom stereocenters. The summed E-state index contributed by atoms with van der Waals surface area (Å²) >= 11 is 0. The van der Waals surface area contributed by atoms with Crippen molar-refractivity contribution in [2.75, 3.05) is 6.61 Å². The monoisotopic (exact) mass is 374 g/mol. The van der Waals surface area contributed by atoms with Crippen LogP contribution >= 0.6 is 0 Å². The van der Waals surface area contributed by atoms with E-state index in [1.54, 1.807) is 6.08 Å². The van der Waals surface area contributed by atoms with E-state index >= 15 is 0 Å². The zero-order chi connectivity index (χ0) is 19.8. The normalized spacial score (nSPS) is 49.1. The van der Waals surface area contributed by atoms with Gasteiger partial charge >= 0.3 is 0 Å². The Hall–Kier alpha value is -1.30. The predicted octanol–water partition coefficient (Wildman–Crippen LogP) is 1.95. The van der Waals surface area contributed by atoms with Crippen LogP contribution in [0.2, 0.25) is 0 Å². The molecular weight excluding hydrogens is 344 g/mol. The fourth-order valence-corrected chi connectivity index (χ4v) is 7.30. The molecule has 0 heterocycles. The van der Waals surface area contributed by atoms with E-state index in [4.69, 9.17) is 0 Å². The quantitative estimate of drug-likeness (QED) is 0.687. The van der Waals surface area contributed by atoms with Crippen LogP contribution < -0.4 is 0 Å². The molecule has 0 spiro atoms. The zero-order valence-corrected chi connectivity index (χ0v) is 16.2. The maximum atomic E-state index is 12.4. The lowest BCUT2D eigenvalue weighted by Gasteiger charge is -2.60. The van der Waals surface area contributed by atoms with E-state index in [9.17, 15) is 24.9 Å². The highest BCUT2D eigenvalue weighted by atomic mass is 16.3. The molecule has 0 bridgehead atoms. The lowest BCUT2D eigenvalue weighted by molar-refractivity contribution is -0.180. The summed E-state index contributed by atoms with van der Waals surface area (Å²) in [7, 11) is 0. The average molecular weight is 374 g/mol. The molecule has 0 amide bonds. The van der Waals surface area contributed by atoms with Crippen molar-refractivity contribution in [1.82, 2.24) is 0 Å². The number of carbonyl (C=O) groups excluding carboxylic acids is 2. The van der Waals surface area contributed by atoms with Crippen LogP contribution in [0.4, 0.5) is 0 Å². The zero-order valence-electron chi connectivity index (χ0n) is 16.2. The van der Waals surface area contributed by atoms with E-state index in [0.29, 0.717) is 38.5 Å². The number of fused-ring (bicyclic) bond motifs is 5. The standard InChI is InChI=1S/C22H30O5/c1-12-8-14-15-5-7-22(27,18(26)11-23)21(15,3)10-17(25)19(14)20(2)6-4-13(24)9-16(12)20/h9,14-15,17,19,23,25,27H,1,4-8,10-11H2,2-3H3/t14-,15-,17-,19+,20-,21-,22-/m0/s1. The highest BCUT2D eigenvalue weighted by Crippen LogP contribution is 2.68. The highest BCUT2D eigenvalue weighted by Gasteiger charge is 2.68. The topological polar surface area (TPSA) is 94.8 Å². The molecule has 0 saturated heterocycles. The minimum atomic E-state index is -1.58. The van der Waals surface area contributed by atoms with Crippen molar-refractivity contribution in [3.63, 3.8) is 0 Å². The minimum absolute atomic E-state index is 0.00740. The van der Waals surface area contributed by atoms with Crippen LogP contribution in [-0.4, -0.2) is 45.2 Å². The predicted molar refractivity (Wildman–Crippen MR) is 99.7 cm³/mol. The summed E-state index contributed by atoms with van der Waals surface area (Å²) in [4.78, 5) is 24.4. The number of carbonyl (C=O) groups is 2. The number of Topliss-reactive ketones (excluding diaryl/α,β-unsaturated/α-hetero) is 1. The summed E-state index contributed by atoms with van der Waals surface area (Å²) in [6, 6.07) is 0. The third kappa shape index (κ3) is 2.28. The Bertz CT molecular complexity index is 754. The van der Waals surface area contributed by atoms with Crippen LogP contribution in [0.1, 0.15) is 52.4 Å². The van der Waals surface area contributed by atoms with Gasteiger partial charge in [0.05, 0.1) is 6.10 Å². The summed E-state index contributed by atoms with van der Waals surface area (Å²) in [5, 5.41) is 31.9. The van der Waals surface area contributed by atoms with Gasteiger partial charge in [-0.1, -0.05) is 26.0 Å². The van der Waals surface area contributed by atoms with E-state index in [1.165, 1.54) is 0 Å². The van der Waals surface area contributed by atoms with Crippen molar-refractivity contribution in [2.45, 2.75) is 64.1 Å². The summed E-state index contributed by atoms with van der Waals surface area (Å²) in [6.07, 6.45) is 4.30. The number of aliphatic hydroxyl groups is 3. The Kier molecular flexibility index (Phi) is 4.12. The SMILES string of the molecule is C=C1C[C@@H]2[C@H]([C@@H](O)C[C@@]3(C)[C@H]2CC[C@]3(O)C(=O)CO)[C@@]2(C)CCC(=O)C=C12. The van der Waals surface area contributed by atoms with Crippen molar-refractivity contribution in [3.05, 3.63) is 23.8 Å². The molecule has 27 heavy (non-hydrogen) atoms. The first-order chi connectivity index (χ1) is 12.6. The number of allylic oxidation sites excluding steroid dienone is 2. The molecule has 148 valence electrons. The number of ketones is 2. The van der Waals surface area contributed by atoms with Crippen molar-refractivity contribution < 1.29 is 24.9 Å². The van der Waals surface area contributed by atoms with Crippen molar-refractivity contribution >= 4 is 11.6 Å². The van der Waals surface area contributed by atoms with Gasteiger partial charge < -0.3 is 15.3 Å². The van der Waals surface area contributed by atoms with Gasteiger partial charge in [-0.15, -0.1) is 0 Å². The van der Waals surface area contributed by atoms with Gasteiger partial charge in [0.2, 0.25) is 0 Å². The Labute approximate surface area is 160 Å². The number of hydrogen-bond donors (Lipinski definition) is 3. The molecule has 5 heteroatoms. The van der Waals surface area contributed by atoms with Gasteiger partial charge in [0, 0.05) is 11.8 Å². The summed E-state index contributed by atoms with van der Waals surface area (Å²) in [6.45, 7) is 7.61. The first-order valence-electron chi connectivity index (χ1n) is 10.1. The molecule has 4 rings (SSSR count). The van der Waals surface area contributed by atoms with Crippen LogP contribution in [-0.2, 0) is 9.59 Å². The smallest absolute Gasteiger partial charge is 0.190 e. The average Bonchev–Trinajstić information content (AvgIpc) is 2.87. The van der Waals surface area contributed by atoms with Crippen molar-refractivity contribution in [3.8, 4) is 0 Å². The molecule has 0 aromatic carbocycles. The molecular formula is C22H30O5. The highest BCUT2D eigenvalue weighted by molar-refractivity contribution is 5.92. The van der Waals surface area contributed by atoms with Gasteiger partial charge in [-0.2, -0.15) is 0 Å². The third-order valence-corrected chi connectivity index (χ3v) is 8.62. The van der Waals surface area contributed by atoms with Crippen molar-refractivity contribution in [2.24, 2.45) is 28.6 Å². The molecule has 7 atom stereocenters. The second-order valence-corrected chi connectivity index (χ2v) is 9.71. The van der Waals surface area contributed by atoms with E-state index in [-0.39, 0.29) is 29.0 Å².